The number of carbonyl (C=O) groups excluding carboxylic acids is 1. The number of hydrogen-bond acceptors (Lipinski definition) is 6. The molecule has 30 heavy (non-hydrogen) atoms. The van der Waals surface area contributed by atoms with E-state index in [2.05, 4.69) is 15.1 Å². The van der Waals surface area contributed by atoms with E-state index in [0.29, 0.717) is 22.4 Å². The summed E-state index contributed by atoms with van der Waals surface area (Å²) in [5.74, 6) is 0. The molecule has 1 aromatic carbocycles. The molecular weight excluding hydrogens is 404 g/mol. The topological polar surface area (TPSA) is 91.1 Å². The Kier molecular flexibility index (Phi) is 6.75. The number of nitrogen functional groups attached to an aromatic ring is 1. The van der Waals surface area contributed by atoms with Crippen LogP contribution in [0.15, 0.2) is 12.1 Å². The van der Waals surface area contributed by atoms with Gasteiger partial charge in [0.25, 0.3) is 0 Å². The van der Waals surface area contributed by atoms with Gasteiger partial charge in [0.05, 0.1) is 27.7 Å². The van der Waals surface area contributed by atoms with Crippen molar-refractivity contribution in [1.29, 1.82) is 0 Å². The number of benzene rings is 1. The van der Waals surface area contributed by atoms with Crippen molar-refractivity contribution in [3.63, 3.8) is 0 Å². The number of rotatable bonds is 3. The molecule has 0 spiro atoms. The Morgan fingerprint density at radius 1 is 1.23 bits per heavy atom. The second kappa shape index (κ2) is 8.81. The van der Waals surface area contributed by atoms with Crippen LogP contribution in [0.3, 0.4) is 0 Å². The number of anilines is 3. The van der Waals surface area contributed by atoms with Crippen LogP contribution in [0.25, 0.3) is 0 Å². The summed E-state index contributed by atoms with van der Waals surface area (Å²) < 4.78 is 5.33. The summed E-state index contributed by atoms with van der Waals surface area (Å²) >= 11 is 6.49. The first-order valence-electron chi connectivity index (χ1n) is 10.7. The monoisotopic (exact) mass is 438 g/mol. The van der Waals surface area contributed by atoms with Crippen molar-refractivity contribution in [1.82, 2.24) is 4.90 Å². The van der Waals surface area contributed by atoms with Crippen molar-refractivity contribution >= 4 is 34.8 Å². The second-order valence-corrected chi connectivity index (χ2v) is 10.2. The van der Waals surface area contributed by atoms with E-state index in [0.717, 1.165) is 57.5 Å². The van der Waals surface area contributed by atoms with Crippen molar-refractivity contribution in [3.05, 3.63) is 17.2 Å². The molecule has 2 aliphatic heterocycles. The van der Waals surface area contributed by atoms with E-state index in [1.807, 2.05) is 33.8 Å². The second-order valence-electron chi connectivity index (χ2n) is 9.77. The van der Waals surface area contributed by atoms with Gasteiger partial charge in [-0.25, -0.2) is 4.79 Å². The highest BCUT2D eigenvalue weighted by molar-refractivity contribution is 6.33. The average molecular weight is 439 g/mol. The Balaban J connectivity index is 1.63. The minimum Gasteiger partial charge on any atom is -0.444 e. The summed E-state index contributed by atoms with van der Waals surface area (Å²) in [5, 5.41) is 13.5. The highest BCUT2D eigenvalue weighted by Crippen LogP contribution is 2.36. The first kappa shape index (κ1) is 23.0. The molecule has 1 amide bonds. The number of amides is 1. The fraction of sp³-hybridized carbons (Fsp3) is 0.682. The van der Waals surface area contributed by atoms with Crippen LogP contribution in [-0.4, -0.2) is 59.5 Å². The van der Waals surface area contributed by atoms with Crippen LogP contribution >= 0.6 is 11.6 Å². The molecule has 0 aliphatic carbocycles. The maximum absolute atomic E-state index is 12.2. The molecule has 2 saturated heterocycles. The first-order chi connectivity index (χ1) is 13.9. The molecular formula is C22H35ClN4O3. The largest absolute Gasteiger partial charge is 0.444 e. The van der Waals surface area contributed by atoms with Gasteiger partial charge in [-0.1, -0.05) is 11.6 Å². The van der Waals surface area contributed by atoms with Crippen LogP contribution in [0.4, 0.5) is 21.9 Å². The summed E-state index contributed by atoms with van der Waals surface area (Å²) in [6, 6.07) is 4.05. The molecule has 0 bridgehead atoms. The third kappa shape index (κ3) is 5.93. The number of hydrogen-bond donors (Lipinski definition) is 3. The van der Waals surface area contributed by atoms with Gasteiger partial charge in [0.2, 0.25) is 0 Å². The van der Waals surface area contributed by atoms with Crippen LogP contribution < -0.4 is 16.0 Å². The van der Waals surface area contributed by atoms with Gasteiger partial charge in [0.1, 0.15) is 5.60 Å². The van der Waals surface area contributed by atoms with Gasteiger partial charge in [-0.2, -0.15) is 0 Å². The zero-order chi connectivity index (χ0) is 22.1. The molecule has 0 unspecified atom stereocenters. The minimum absolute atomic E-state index is 0.407. The number of nitrogens with one attached hydrogen (secondary N) is 1. The number of carbonyl (C=O) groups is 1. The molecule has 1 aromatic rings. The third-order valence-corrected chi connectivity index (χ3v) is 6.25. The van der Waals surface area contributed by atoms with E-state index < -0.39 is 17.3 Å². The Morgan fingerprint density at radius 3 is 2.40 bits per heavy atom. The van der Waals surface area contributed by atoms with Crippen LogP contribution in [0, 0.1) is 0 Å². The van der Waals surface area contributed by atoms with Crippen LogP contribution in [0.2, 0.25) is 5.02 Å². The lowest BCUT2D eigenvalue weighted by molar-refractivity contribution is -0.0192. The molecule has 0 radical (unpaired) electrons. The fourth-order valence-electron chi connectivity index (χ4n) is 4.18. The smallest absolute Gasteiger partial charge is 0.412 e. The number of nitrogens with zero attached hydrogens (tertiary/aromatic N) is 2. The summed E-state index contributed by atoms with van der Waals surface area (Å²) in [6.45, 7) is 11.0. The maximum Gasteiger partial charge on any atom is 0.412 e. The number of likely N-dealkylation sites (tertiary alicyclic amines) is 1. The summed E-state index contributed by atoms with van der Waals surface area (Å²) in [7, 11) is 0. The highest BCUT2D eigenvalue weighted by atomic mass is 35.5. The van der Waals surface area contributed by atoms with Gasteiger partial charge in [-0.05, 0) is 65.5 Å². The van der Waals surface area contributed by atoms with Crippen molar-refractivity contribution in [2.45, 2.75) is 70.6 Å². The summed E-state index contributed by atoms with van der Waals surface area (Å²) in [5.41, 5.74) is 6.75. The predicted octanol–water partition coefficient (Wildman–Crippen LogP) is 4.08. The van der Waals surface area contributed by atoms with Crippen molar-refractivity contribution in [3.8, 4) is 0 Å². The first-order valence-corrected chi connectivity index (χ1v) is 11.1. The fourth-order valence-corrected chi connectivity index (χ4v) is 4.48. The molecule has 7 nitrogen and oxygen atoms in total. The Hall–Kier alpha value is -1.70. The van der Waals surface area contributed by atoms with Crippen molar-refractivity contribution in [2.75, 3.05) is 42.1 Å². The van der Waals surface area contributed by atoms with Crippen molar-refractivity contribution in [2.24, 2.45) is 0 Å². The summed E-state index contributed by atoms with van der Waals surface area (Å²) in [4.78, 5) is 16.9. The van der Waals surface area contributed by atoms with E-state index in [-0.39, 0.29) is 0 Å². The molecule has 2 fully saturated rings. The number of ether oxygens (including phenoxy) is 1. The molecule has 0 atom stereocenters. The Bertz CT molecular complexity index is 760. The SMILES string of the molecule is CC1(O)CCN(C2CCN(c3cc(NC(=O)OC(C)(C)C)c(N)cc3Cl)CC2)CC1. The quantitative estimate of drug-likeness (QED) is 0.616. The zero-order valence-corrected chi connectivity index (χ0v) is 19.3. The summed E-state index contributed by atoms with van der Waals surface area (Å²) in [6.07, 6.45) is 3.20. The standard InChI is InChI=1S/C22H35ClN4O3/c1-21(2,3)30-20(28)25-18-14-19(16(23)13-17(18)24)27-9-5-15(6-10-27)26-11-7-22(4,29)8-12-26/h13-15,29H,5-12,24H2,1-4H3,(H,25,28). The van der Waals surface area contributed by atoms with Crippen LogP contribution in [0.1, 0.15) is 53.4 Å². The normalized spacial score (nSPS) is 20.8. The maximum atomic E-state index is 12.2. The molecule has 3 rings (SSSR count). The average Bonchev–Trinajstić information content (AvgIpc) is 2.63. The zero-order valence-electron chi connectivity index (χ0n) is 18.5. The predicted molar refractivity (Wildman–Crippen MR) is 122 cm³/mol. The van der Waals surface area contributed by atoms with Gasteiger partial charge in [0.15, 0.2) is 0 Å². The van der Waals surface area contributed by atoms with E-state index in [1.165, 1.54) is 0 Å². The number of nitrogens with two attached hydrogens (primary N) is 1. The van der Waals surface area contributed by atoms with Gasteiger partial charge in [-0.15, -0.1) is 0 Å². The molecule has 2 aliphatic rings. The molecule has 4 N–H and O–H groups in total. The van der Waals surface area contributed by atoms with Gasteiger partial charge in [-0.3, -0.25) is 5.32 Å². The molecule has 2 heterocycles. The molecule has 0 saturated carbocycles. The van der Waals surface area contributed by atoms with E-state index >= 15 is 0 Å². The van der Waals surface area contributed by atoms with Crippen molar-refractivity contribution < 1.29 is 14.6 Å². The van der Waals surface area contributed by atoms with E-state index in [9.17, 15) is 9.90 Å². The molecule has 0 aromatic heterocycles. The number of halogens is 1. The van der Waals surface area contributed by atoms with Crippen LogP contribution in [0.5, 0.6) is 0 Å². The lowest BCUT2D eigenvalue weighted by atomic mass is 9.91. The minimum atomic E-state index is -0.585. The molecule has 8 heteroatoms. The lowest BCUT2D eigenvalue weighted by Gasteiger charge is -2.44. The number of piperidine rings is 2. The highest BCUT2D eigenvalue weighted by Gasteiger charge is 2.32. The Morgan fingerprint density at radius 2 is 1.83 bits per heavy atom. The third-order valence-electron chi connectivity index (χ3n) is 5.95. The Labute approximate surface area is 184 Å². The van der Waals surface area contributed by atoms with Gasteiger partial charge in [0, 0.05) is 32.2 Å². The van der Waals surface area contributed by atoms with Gasteiger partial charge < -0.3 is 25.4 Å². The van der Waals surface area contributed by atoms with Gasteiger partial charge >= 0.3 is 6.09 Å². The molecule has 168 valence electrons. The van der Waals surface area contributed by atoms with Crippen LogP contribution in [-0.2, 0) is 4.74 Å². The lowest BCUT2D eigenvalue weighted by Crippen LogP contribution is -2.50. The number of aliphatic hydroxyl groups is 1. The van der Waals surface area contributed by atoms with E-state index in [4.69, 9.17) is 22.1 Å². The van der Waals surface area contributed by atoms with E-state index in [1.54, 1.807) is 6.07 Å².